The maximum absolute atomic E-state index is 12.5. The lowest BCUT2D eigenvalue weighted by Crippen LogP contribution is -2.05. The Kier molecular flexibility index (Phi) is 3.80. The molecule has 0 aliphatic heterocycles. The number of nitriles is 1. The fourth-order valence-electron chi connectivity index (χ4n) is 1.24. The first-order chi connectivity index (χ1) is 7.51. The fraction of sp³-hybridized carbons (Fsp3) is 0.200. The van der Waals surface area contributed by atoms with Gasteiger partial charge in [0.1, 0.15) is 0 Å². The van der Waals surface area contributed by atoms with E-state index in [-0.39, 0.29) is 17.0 Å². The van der Waals surface area contributed by atoms with Gasteiger partial charge in [0.05, 0.1) is 17.2 Å². The molecule has 0 aliphatic carbocycles. The Bertz CT molecular complexity index is 469. The number of rotatable bonds is 3. The summed E-state index contributed by atoms with van der Waals surface area (Å²) in [5.74, 6) is -1.57. The molecule has 0 atom stereocenters. The van der Waals surface area contributed by atoms with Crippen LogP contribution in [0.5, 0.6) is 0 Å². The van der Waals surface area contributed by atoms with E-state index >= 15 is 0 Å². The van der Waals surface area contributed by atoms with Crippen LogP contribution in [0.15, 0.2) is 12.1 Å². The molecule has 0 unspecified atom stereocenters. The van der Waals surface area contributed by atoms with Crippen molar-refractivity contribution in [1.29, 1.82) is 5.26 Å². The van der Waals surface area contributed by atoms with Gasteiger partial charge in [0.2, 0.25) is 0 Å². The first kappa shape index (κ1) is 12.4. The lowest BCUT2D eigenvalue weighted by molar-refractivity contribution is 0.0684. The molecule has 1 aromatic carbocycles. The molecule has 6 heteroatoms. The third-order valence-corrected chi connectivity index (χ3v) is 2.29. The Morgan fingerprint density at radius 1 is 1.56 bits per heavy atom. The minimum Gasteiger partial charge on any atom is -0.478 e. The number of aromatic carboxylic acids is 1. The van der Waals surface area contributed by atoms with Crippen molar-refractivity contribution < 1.29 is 18.7 Å². The smallest absolute Gasteiger partial charge is 0.336 e. The third-order valence-electron chi connectivity index (χ3n) is 2.01. The SMILES string of the molecule is N#Cc1cc(C(F)F)c(C(=O)O)cc1CCl. The van der Waals surface area contributed by atoms with E-state index in [1.54, 1.807) is 6.07 Å². The van der Waals surface area contributed by atoms with Gasteiger partial charge in [0, 0.05) is 11.4 Å². The Morgan fingerprint density at radius 2 is 2.19 bits per heavy atom. The number of hydrogen-bond donors (Lipinski definition) is 1. The highest BCUT2D eigenvalue weighted by molar-refractivity contribution is 6.17. The summed E-state index contributed by atoms with van der Waals surface area (Å²) in [5, 5.41) is 17.4. The zero-order valence-electron chi connectivity index (χ0n) is 7.88. The van der Waals surface area contributed by atoms with Gasteiger partial charge in [-0.1, -0.05) is 0 Å². The number of nitrogens with zero attached hydrogens (tertiary/aromatic N) is 1. The third kappa shape index (κ3) is 2.28. The largest absolute Gasteiger partial charge is 0.478 e. The number of halogens is 3. The predicted molar refractivity (Wildman–Crippen MR) is 52.6 cm³/mol. The first-order valence-corrected chi connectivity index (χ1v) is 4.69. The van der Waals surface area contributed by atoms with E-state index in [9.17, 15) is 13.6 Å². The van der Waals surface area contributed by atoms with Gasteiger partial charge in [-0.25, -0.2) is 13.6 Å². The summed E-state index contributed by atoms with van der Waals surface area (Å²) >= 11 is 5.49. The zero-order chi connectivity index (χ0) is 12.3. The van der Waals surface area contributed by atoms with Crippen molar-refractivity contribution >= 4 is 17.6 Å². The molecule has 0 bridgehead atoms. The lowest BCUT2D eigenvalue weighted by atomic mass is 10.00. The molecule has 0 saturated heterocycles. The van der Waals surface area contributed by atoms with Crippen LogP contribution in [0, 0.1) is 11.3 Å². The molecule has 0 saturated carbocycles. The van der Waals surface area contributed by atoms with Gasteiger partial charge in [0.15, 0.2) is 0 Å². The number of hydrogen-bond acceptors (Lipinski definition) is 2. The van der Waals surface area contributed by atoms with Gasteiger partial charge in [-0.2, -0.15) is 5.26 Å². The van der Waals surface area contributed by atoms with Crippen molar-refractivity contribution in [3.63, 3.8) is 0 Å². The summed E-state index contributed by atoms with van der Waals surface area (Å²) in [7, 11) is 0. The molecule has 1 rings (SSSR count). The van der Waals surface area contributed by atoms with E-state index in [1.807, 2.05) is 0 Å². The molecule has 1 N–H and O–H groups in total. The van der Waals surface area contributed by atoms with Crippen LogP contribution in [0.3, 0.4) is 0 Å². The van der Waals surface area contributed by atoms with Gasteiger partial charge in [0.25, 0.3) is 6.43 Å². The standard InChI is InChI=1S/C10H6ClF2NO2/c11-3-5-1-8(10(15)16)7(9(12)13)2-6(5)4-14/h1-2,9H,3H2,(H,15,16). The maximum atomic E-state index is 12.5. The van der Waals surface area contributed by atoms with Crippen molar-refractivity contribution in [2.45, 2.75) is 12.3 Å². The molecular formula is C10H6ClF2NO2. The summed E-state index contributed by atoms with van der Waals surface area (Å²) in [6.45, 7) is 0. The molecule has 0 fully saturated rings. The topological polar surface area (TPSA) is 61.1 Å². The molecule has 84 valence electrons. The van der Waals surface area contributed by atoms with Crippen LogP contribution in [-0.2, 0) is 5.88 Å². The molecule has 0 spiro atoms. The molecule has 1 aromatic rings. The van der Waals surface area contributed by atoms with Crippen LogP contribution < -0.4 is 0 Å². The van der Waals surface area contributed by atoms with Crippen LogP contribution in [0.2, 0.25) is 0 Å². The second-order valence-corrected chi connectivity index (χ2v) is 3.22. The Labute approximate surface area is 94.9 Å². The normalized spacial score (nSPS) is 10.2. The Hall–Kier alpha value is -1.67. The van der Waals surface area contributed by atoms with Gasteiger partial charge >= 0.3 is 5.97 Å². The van der Waals surface area contributed by atoms with Crippen LogP contribution in [-0.4, -0.2) is 11.1 Å². The minimum absolute atomic E-state index is 0.0321. The highest BCUT2D eigenvalue weighted by atomic mass is 35.5. The van der Waals surface area contributed by atoms with E-state index < -0.39 is 23.5 Å². The molecular weight excluding hydrogens is 240 g/mol. The van der Waals surface area contributed by atoms with Crippen LogP contribution in [0.25, 0.3) is 0 Å². The molecule has 0 amide bonds. The quantitative estimate of drug-likeness (QED) is 0.833. The maximum Gasteiger partial charge on any atom is 0.336 e. The number of alkyl halides is 3. The van der Waals surface area contributed by atoms with E-state index in [0.717, 1.165) is 12.1 Å². The van der Waals surface area contributed by atoms with Gasteiger partial charge in [-0.05, 0) is 17.7 Å². The summed E-state index contributed by atoms with van der Waals surface area (Å²) in [6.07, 6.45) is -2.94. The van der Waals surface area contributed by atoms with Crippen molar-refractivity contribution in [2.24, 2.45) is 0 Å². The number of carbonyl (C=O) groups is 1. The van der Waals surface area contributed by atoms with Crippen LogP contribution in [0.1, 0.15) is 33.5 Å². The van der Waals surface area contributed by atoms with E-state index in [4.69, 9.17) is 22.0 Å². The average Bonchev–Trinajstić information content (AvgIpc) is 2.26. The molecule has 0 heterocycles. The second-order valence-electron chi connectivity index (χ2n) is 2.95. The molecule has 0 radical (unpaired) electrons. The Balaban J connectivity index is 3.49. The van der Waals surface area contributed by atoms with Crippen LogP contribution >= 0.6 is 11.6 Å². The number of carboxylic acid groups (broad SMARTS) is 1. The predicted octanol–water partition coefficient (Wildman–Crippen LogP) is 2.93. The van der Waals surface area contributed by atoms with Crippen molar-refractivity contribution in [3.8, 4) is 6.07 Å². The van der Waals surface area contributed by atoms with E-state index in [2.05, 4.69) is 0 Å². The summed E-state index contributed by atoms with van der Waals surface area (Å²) < 4.78 is 25.1. The van der Waals surface area contributed by atoms with Gasteiger partial charge < -0.3 is 5.11 Å². The number of benzene rings is 1. The van der Waals surface area contributed by atoms with E-state index in [0.29, 0.717) is 0 Å². The molecule has 3 nitrogen and oxygen atoms in total. The second kappa shape index (κ2) is 4.90. The van der Waals surface area contributed by atoms with Crippen molar-refractivity contribution in [3.05, 3.63) is 34.4 Å². The minimum atomic E-state index is -2.94. The van der Waals surface area contributed by atoms with Gasteiger partial charge in [-0.15, -0.1) is 11.6 Å². The molecule has 16 heavy (non-hydrogen) atoms. The highest BCUT2D eigenvalue weighted by Crippen LogP contribution is 2.27. The first-order valence-electron chi connectivity index (χ1n) is 4.15. The summed E-state index contributed by atoms with van der Waals surface area (Å²) in [5.41, 5.74) is -0.996. The lowest BCUT2D eigenvalue weighted by Gasteiger charge is -2.08. The molecule has 0 aromatic heterocycles. The van der Waals surface area contributed by atoms with Crippen molar-refractivity contribution in [1.82, 2.24) is 0 Å². The summed E-state index contributed by atoms with van der Waals surface area (Å²) in [4.78, 5) is 10.7. The fourth-order valence-corrected chi connectivity index (χ4v) is 1.46. The monoisotopic (exact) mass is 245 g/mol. The number of carboxylic acids is 1. The van der Waals surface area contributed by atoms with Crippen molar-refractivity contribution in [2.75, 3.05) is 0 Å². The Morgan fingerprint density at radius 3 is 2.56 bits per heavy atom. The molecule has 0 aliphatic rings. The highest BCUT2D eigenvalue weighted by Gasteiger charge is 2.20. The average molecular weight is 246 g/mol. The van der Waals surface area contributed by atoms with Gasteiger partial charge in [-0.3, -0.25) is 0 Å². The van der Waals surface area contributed by atoms with Crippen LogP contribution in [0.4, 0.5) is 8.78 Å². The van der Waals surface area contributed by atoms with E-state index in [1.165, 1.54) is 0 Å². The zero-order valence-corrected chi connectivity index (χ0v) is 8.63. The summed E-state index contributed by atoms with van der Waals surface area (Å²) in [6, 6.07) is 3.57.